The molecule has 2 aliphatic rings. The molecule has 0 bridgehead atoms. The first-order valence-corrected chi connectivity index (χ1v) is 6.33. The van der Waals surface area contributed by atoms with Gasteiger partial charge in [-0.25, -0.2) is 4.79 Å². The first kappa shape index (κ1) is 12.4. The summed E-state index contributed by atoms with van der Waals surface area (Å²) in [7, 11) is 0. The van der Waals surface area contributed by atoms with Gasteiger partial charge in [-0.3, -0.25) is 4.79 Å². The van der Waals surface area contributed by atoms with E-state index in [1.165, 1.54) is 0 Å². The van der Waals surface area contributed by atoms with Gasteiger partial charge in [0.25, 0.3) is 0 Å². The molecular weight excluding hydrogens is 220 g/mol. The van der Waals surface area contributed by atoms with Crippen LogP contribution in [0.4, 0.5) is 0 Å². The molecule has 0 spiro atoms. The fourth-order valence-electron chi connectivity index (χ4n) is 2.52. The summed E-state index contributed by atoms with van der Waals surface area (Å²) in [5.41, 5.74) is 4.66. The molecule has 0 aromatic carbocycles. The molecular formula is C12H20N2O3. The molecule has 0 radical (unpaired) electrons. The number of hydrogen-bond acceptors (Lipinski definition) is 3. The zero-order valence-corrected chi connectivity index (χ0v) is 9.95. The summed E-state index contributed by atoms with van der Waals surface area (Å²) in [6, 6.07) is 0. The maximum Gasteiger partial charge on any atom is 0.329 e. The van der Waals surface area contributed by atoms with Crippen LogP contribution in [-0.2, 0) is 9.59 Å². The molecule has 17 heavy (non-hydrogen) atoms. The van der Waals surface area contributed by atoms with Gasteiger partial charge in [-0.2, -0.15) is 0 Å². The van der Waals surface area contributed by atoms with Crippen molar-refractivity contribution in [3.63, 3.8) is 0 Å². The fraction of sp³-hybridized carbons (Fsp3) is 0.833. The van der Waals surface area contributed by atoms with Crippen molar-refractivity contribution in [2.45, 2.75) is 44.1 Å². The maximum absolute atomic E-state index is 11.9. The lowest BCUT2D eigenvalue weighted by atomic mass is 9.81. The summed E-state index contributed by atoms with van der Waals surface area (Å²) in [5, 5.41) is 11.7. The van der Waals surface area contributed by atoms with E-state index in [1.807, 2.05) is 0 Å². The fourth-order valence-corrected chi connectivity index (χ4v) is 2.52. The molecule has 2 fully saturated rings. The van der Waals surface area contributed by atoms with Gasteiger partial charge in [-0.15, -0.1) is 0 Å². The summed E-state index contributed by atoms with van der Waals surface area (Å²) < 4.78 is 0. The van der Waals surface area contributed by atoms with Crippen LogP contribution in [0.15, 0.2) is 0 Å². The molecule has 0 heterocycles. The molecule has 0 aromatic rings. The monoisotopic (exact) mass is 240 g/mol. The number of hydrogen-bond donors (Lipinski definition) is 3. The Labute approximate surface area is 101 Å². The van der Waals surface area contributed by atoms with Crippen molar-refractivity contribution in [3.8, 4) is 0 Å². The third-order valence-corrected chi connectivity index (χ3v) is 4.07. The van der Waals surface area contributed by atoms with Gasteiger partial charge in [0.1, 0.15) is 5.54 Å². The van der Waals surface area contributed by atoms with Crippen LogP contribution in [0.2, 0.25) is 0 Å². The molecule has 2 aliphatic carbocycles. The number of nitrogens with two attached hydrogens (primary N) is 1. The van der Waals surface area contributed by atoms with Gasteiger partial charge >= 0.3 is 5.97 Å². The summed E-state index contributed by atoms with van der Waals surface area (Å²) in [6.07, 6.45) is 4.76. The van der Waals surface area contributed by atoms with Gasteiger partial charge in [-0.05, 0) is 51.0 Å². The minimum atomic E-state index is -0.943. The predicted octanol–water partition coefficient (Wildman–Crippen LogP) is 0.485. The Morgan fingerprint density at radius 1 is 1.24 bits per heavy atom. The molecule has 1 amide bonds. The summed E-state index contributed by atoms with van der Waals surface area (Å²) in [4.78, 5) is 22.9. The van der Waals surface area contributed by atoms with E-state index in [2.05, 4.69) is 5.32 Å². The number of carboxylic acid groups (broad SMARTS) is 1. The molecule has 0 aromatic heterocycles. The number of amides is 1. The minimum Gasteiger partial charge on any atom is -0.480 e. The Morgan fingerprint density at radius 2 is 1.82 bits per heavy atom. The standard InChI is InChI=1S/C12H20N2O3/c13-7-8-1-3-9(4-2-8)10(15)14-12(5-6-12)11(16)17/h8-9H,1-7,13H2,(H,14,15)(H,16,17). The third kappa shape index (κ3) is 2.60. The Balaban J connectivity index is 1.83. The summed E-state index contributed by atoms with van der Waals surface area (Å²) >= 11 is 0. The molecule has 0 atom stereocenters. The number of carboxylic acids is 1. The number of aliphatic carboxylic acids is 1. The number of rotatable bonds is 4. The highest BCUT2D eigenvalue weighted by atomic mass is 16.4. The van der Waals surface area contributed by atoms with Gasteiger partial charge in [0, 0.05) is 5.92 Å². The van der Waals surface area contributed by atoms with Crippen LogP contribution >= 0.6 is 0 Å². The molecule has 0 saturated heterocycles. The van der Waals surface area contributed by atoms with Gasteiger partial charge in [-0.1, -0.05) is 0 Å². The van der Waals surface area contributed by atoms with Gasteiger partial charge in [0.05, 0.1) is 0 Å². The second-order valence-corrected chi connectivity index (χ2v) is 5.33. The topological polar surface area (TPSA) is 92.4 Å². The minimum absolute atomic E-state index is 0.0189. The maximum atomic E-state index is 11.9. The molecule has 2 rings (SSSR count). The van der Waals surface area contributed by atoms with Crippen LogP contribution in [0.5, 0.6) is 0 Å². The quantitative estimate of drug-likeness (QED) is 0.666. The van der Waals surface area contributed by atoms with Crippen molar-refractivity contribution in [2.24, 2.45) is 17.6 Å². The zero-order valence-electron chi connectivity index (χ0n) is 9.95. The van der Waals surface area contributed by atoms with E-state index in [1.54, 1.807) is 0 Å². The van der Waals surface area contributed by atoms with Crippen molar-refractivity contribution in [1.82, 2.24) is 5.32 Å². The van der Waals surface area contributed by atoms with E-state index in [-0.39, 0.29) is 11.8 Å². The Hall–Kier alpha value is -1.10. The second kappa shape index (κ2) is 4.64. The van der Waals surface area contributed by atoms with Crippen molar-refractivity contribution < 1.29 is 14.7 Å². The lowest BCUT2D eigenvalue weighted by molar-refractivity contribution is -0.144. The Morgan fingerprint density at radius 3 is 2.24 bits per heavy atom. The number of carbonyl (C=O) groups is 2. The Kier molecular flexibility index (Phi) is 3.38. The average molecular weight is 240 g/mol. The van der Waals surface area contributed by atoms with Crippen LogP contribution in [-0.4, -0.2) is 29.1 Å². The van der Waals surface area contributed by atoms with Crippen LogP contribution in [0.25, 0.3) is 0 Å². The molecule has 4 N–H and O–H groups in total. The smallest absolute Gasteiger partial charge is 0.329 e. The summed E-state index contributed by atoms with van der Waals surface area (Å²) in [5.74, 6) is -0.468. The lowest BCUT2D eigenvalue weighted by Crippen LogP contribution is -2.46. The highest BCUT2D eigenvalue weighted by molar-refractivity contribution is 5.90. The van der Waals surface area contributed by atoms with E-state index in [0.717, 1.165) is 25.7 Å². The average Bonchev–Trinajstić information content (AvgIpc) is 3.10. The SMILES string of the molecule is NCC1CCC(C(=O)NC2(C(=O)O)CC2)CC1. The second-order valence-electron chi connectivity index (χ2n) is 5.33. The van der Waals surface area contributed by atoms with Gasteiger partial charge in [0.15, 0.2) is 0 Å². The molecule has 96 valence electrons. The first-order chi connectivity index (χ1) is 8.07. The number of nitrogens with one attached hydrogen (secondary N) is 1. The van der Waals surface area contributed by atoms with Crippen LogP contribution in [0.3, 0.4) is 0 Å². The molecule has 5 heteroatoms. The largest absolute Gasteiger partial charge is 0.480 e. The predicted molar refractivity (Wildman–Crippen MR) is 62.2 cm³/mol. The van der Waals surface area contributed by atoms with E-state index in [0.29, 0.717) is 25.3 Å². The van der Waals surface area contributed by atoms with Gasteiger partial charge in [0.2, 0.25) is 5.91 Å². The highest BCUT2D eigenvalue weighted by Gasteiger charge is 2.52. The van der Waals surface area contributed by atoms with Crippen molar-refractivity contribution in [1.29, 1.82) is 0 Å². The highest BCUT2D eigenvalue weighted by Crippen LogP contribution is 2.37. The van der Waals surface area contributed by atoms with Crippen LogP contribution in [0.1, 0.15) is 38.5 Å². The van der Waals surface area contributed by atoms with E-state index >= 15 is 0 Å². The van der Waals surface area contributed by atoms with Crippen LogP contribution in [0, 0.1) is 11.8 Å². The first-order valence-electron chi connectivity index (χ1n) is 6.33. The van der Waals surface area contributed by atoms with E-state index in [9.17, 15) is 9.59 Å². The molecule has 0 aliphatic heterocycles. The Bertz CT molecular complexity index is 318. The van der Waals surface area contributed by atoms with Crippen molar-refractivity contribution in [3.05, 3.63) is 0 Å². The third-order valence-electron chi connectivity index (χ3n) is 4.07. The number of carbonyl (C=O) groups excluding carboxylic acids is 1. The normalized spacial score (nSPS) is 30.6. The molecule has 5 nitrogen and oxygen atoms in total. The zero-order chi connectivity index (χ0) is 12.5. The van der Waals surface area contributed by atoms with E-state index in [4.69, 9.17) is 10.8 Å². The lowest BCUT2D eigenvalue weighted by Gasteiger charge is -2.27. The summed E-state index contributed by atoms with van der Waals surface area (Å²) in [6.45, 7) is 0.688. The van der Waals surface area contributed by atoms with Crippen molar-refractivity contribution in [2.75, 3.05) is 6.54 Å². The molecule has 0 unspecified atom stereocenters. The van der Waals surface area contributed by atoms with Crippen molar-refractivity contribution >= 4 is 11.9 Å². The van der Waals surface area contributed by atoms with E-state index < -0.39 is 11.5 Å². The van der Waals surface area contributed by atoms with Crippen LogP contribution < -0.4 is 11.1 Å². The molecule has 2 saturated carbocycles. The van der Waals surface area contributed by atoms with Gasteiger partial charge < -0.3 is 16.2 Å².